The van der Waals surface area contributed by atoms with Gasteiger partial charge in [0.15, 0.2) is 5.96 Å². The third-order valence-electron chi connectivity index (χ3n) is 3.66. The molecule has 0 saturated heterocycles. The Labute approximate surface area is 142 Å². The Morgan fingerprint density at radius 3 is 2.65 bits per heavy atom. The Morgan fingerprint density at radius 2 is 2.04 bits per heavy atom. The molecular formula is C17H27N5S. The molecule has 2 heterocycles. The summed E-state index contributed by atoms with van der Waals surface area (Å²) >= 11 is 1.86. The molecule has 2 aromatic rings. The smallest absolute Gasteiger partial charge is 0.191 e. The van der Waals surface area contributed by atoms with Crippen LogP contribution in [0.15, 0.2) is 23.2 Å². The topological polar surface area (TPSA) is 54.2 Å². The number of hydrogen-bond donors (Lipinski definition) is 2. The first-order valence-corrected chi connectivity index (χ1v) is 8.97. The average molecular weight is 334 g/mol. The first-order valence-electron chi connectivity index (χ1n) is 8.15. The van der Waals surface area contributed by atoms with E-state index in [-0.39, 0.29) is 0 Å². The lowest BCUT2D eigenvalue weighted by Crippen LogP contribution is -2.37. The van der Waals surface area contributed by atoms with E-state index in [4.69, 9.17) is 0 Å². The molecule has 23 heavy (non-hydrogen) atoms. The Balaban J connectivity index is 1.69. The fourth-order valence-electron chi connectivity index (χ4n) is 2.44. The number of guanidine groups is 1. The summed E-state index contributed by atoms with van der Waals surface area (Å²) in [6.45, 7) is 8.94. The number of aromatic nitrogens is 2. The van der Waals surface area contributed by atoms with Crippen LogP contribution in [0, 0.1) is 13.8 Å². The van der Waals surface area contributed by atoms with Crippen molar-refractivity contribution in [2.75, 3.05) is 13.6 Å². The largest absolute Gasteiger partial charge is 0.356 e. The highest BCUT2D eigenvalue weighted by molar-refractivity contribution is 7.11. The fraction of sp³-hybridized carbons (Fsp3) is 0.529. The molecule has 0 saturated carbocycles. The number of nitrogens with one attached hydrogen (secondary N) is 2. The number of hydrogen-bond acceptors (Lipinski definition) is 3. The summed E-state index contributed by atoms with van der Waals surface area (Å²) in [5.41, 5.74) is 2.30. The number of nitrogens with zero attached hydrogens (tertiary/aromatic N) is 3. The van der Waals surface area contributed by atoms with Crippen LogP contribution < -0.4 is 10.6 Å². The molecule has 0 unspecified atom stereocenters. The van der Waals surface area contributed by atoms with Gasteiger partial charge in [-0.15, -0.1) is 11.3 Å². The molecule has 0 radical (unpaired) electrons. The van der Waals surface area contributed by atoms with Crippen molar-refractivity contribution in [1.82, 2.24) is 20.4 Å². The summed E-state index contributed by atoms with van der Waals surface area (Å²) in [4.78, 5) is 7.04. The molecule has 6 heteroatoms. The molecule has 0 atom stereocenters. The predicted molar refractivity (Wildman–Crippen MR) is 98.2 cm³/mol. The van der Waals surface area contributed by atoms with Crippen LogP contribution >= 0.6 is 11.3 Å². The van der Waals surface area contributed by atoms with E-state index in [0.717, 1.165) is 44.1 Å². The SMILES string of the molecule is CCc1ccc(CNC(=NC)NCCCn2nc(C)cc2C)s1. The first kappa shape index (κ1) is 17.5. The van der Waals surface area contributed by atoms with Crippen molar-refractivity contribution in [2.24, 2.45) is 4.99 Å². The second-order valence-corrected chi connectivity index (χ2v) is 6.83. The van der Waals surface area contributed by atoms with Crippen molar-refractivity contribution in [1.29, 1.82) is 0 Å². The number of thiophene rings is 1. The van der Waals surface area contributed by atoms with Crippen molar-refractivity contribution in [3.8, 4) is 0 Å². The minimum absolute atomic E-state index is 0.821. The molecule has 2 aromatic heterocycles. The summed E-state index contributed by atoms with van der Waals surface area (Å²) in [6.07, 6.45) is 2.12. The van der Waals surface area contributed by atoms with Gasteiger partial charge in [0, 0.05) is 35.6 Å². The van der Waals surface area contributed by atoms with Gasteiger partial charge in [0.25, 0.3) is 0 Å². The van der Waals surface area contributed by atoms with Gasteiger partial charge in [-0.25, -0.2) is 0 Å². The van der Waals surface area contributed by atoms with Gasteiger partial charge >= 0.3 is 0 Å². The minimum atomic E-state index is 0.821. The van der Waals surface area contributed by atoms with Crippen LogP contribution in [0.5, 0.6) is 0 Å². The maximum atomic E-state index is 4.48. The van der Waals surface area contributed by atoms with Gasteiger partial charge in [-0.3, -0.25) is 9.67 Å². The summed E-state index contributed by atoms with van der Waals surface area (Å²) in [5, 5.41) is 11.2. The van der Waals surface area contributed by atoms with Crippen LogP contribution in [0.1, 0.15) is 34.5 Å². The third kappa shape index (κ3) is 5.39. The number of aliphatic imine (C=N–C) groups is 1. The van der Waals surface area contributed by atoms with E-state index in [9.17, 15) is 0 Å². The Kier molecular flexibility index (Phi) is 6.65. The lowest BCUT2D eigenvalue weighted by Gasteiger charge is -2.11. The maximum absolute atomic E-state index is 4.48. The molecule has 0 aliphatic rings. The van der Waals surface area contributed by atoms with E-state index in [1.54, 1.807) is 0 Å². The molecule has 0 aromatic carbocycles. The standard InChI is InChI=1S/C17H27N5S/c1-5-15-7-8-16(23-15)12-20-17(18-4)19-9-6-10-22-14(3)11-13(2)21-22/h7-8,11H,5-6,9-10,12H2,1-4H3,(H2,18,19,20). The fourth-order valence-corrected chi connectivity index (χ4v) is 3.33. The summed E-state index contributed by atoms with van der Waals surface area (Å²) in [7, 11) is 1.81. The van der Waals surface area contributed by atoms with Crippen molar-refractivity contribution in [3.63, 3.8) is 0 Å². The second kappa shape index (κ2) is 8.72. The summed E-state index contributed by atoms with van der Waals surface area (Å²) in [6, 6.07) is 6.50. The summed E-state index contributed by atoms with van der Waals surface area (Å²) in [5.74, 6) is 0.852. The Hall–Kier alpha value is -1.82. The molecule has 0 aliphatic carbocycles. The number of rotatable bonds is 7. The van der Waals surface area contributed by atoms with Crippen molar-refractivity contribution < 1.29 is 0 Å². The van der Waals surface area contributed by atoms with Crippen LogP contribution in [0.25, 0.3) is 0 Å². The van der Waals surface area contributed by atoms with Gasteiger partial charge in [-0.05, 0) is 44.9 Å². The van der Waals surface area contributed by atoms with Gasteiger partial charge in [0.2, 0.25) is 0 Å². The van der Waals surface area contributed by atoms with Crippen LogP contribution in [0.4, 0.5) is 0 Å². The minimum Gasteiger partial charge on any atom is -0.356 e. The molecule has 0 aliphatic heterocycles. The Morgan fingerprint density at radius 1 is 1.26 bits per heavy atom. The zero-order valence-electron chi connectivity index (χ0n) is 14.5. The summed E-state index contributed by atoms with van der Waals surface area (Å²) < 4.78 is 2.06. The molecule has 0 fully saturated rings. The Bertz CT molecular complexity index is 641. The highest BCUT2D eigenvalue weighted by atomic mass is 32.1. The van der Waals surface area contributed by atoms with Gasteiger partial charge < -0.3 is 10.6 Å². The van der Waals surface area contributed by atoms with E-state index in [0.29, 0.717) is 0 Å². The molecule has 5 nitrogen and oxygen atoms in total. The quantitative estimate of drug-likeness (QED) is 0.465. The van der Waals surface area contributed by atoms with E-state index in [1.165, 1.54) is 15.4 Å². The monoisotopic (exact) mass is 333 g/mol. The van der Waals surface area contributed by atoms with E-state index in [1.807, 2.05) is 25.3 Å². The van der Waals surface area contributed by atoms with Gasteiger partial charge in [-0.2, -0.15) is 5.10 Å². The van der Waals surface area contributed by atoms with Gasteiger partial charge in [-0.1, -0.05) is 6.92 Å². The van der Waals surface area contributed by atoms with Gasteiger partial charge in [0.1, 0.15) is 0 Å². The predicted octanol–water partition coefficient (Wildman–Crippen LogP) is 2.88. The lowest BCUT2D eigenvalue weighted by atomic mass is 10.3. The molecule has 126 valence electrons. The zero-order chi connectivity index (χ0) is 16.7. The molecule has 0 spiro atoms. The van der Waals surface area contributed by atoms with E-state index >= 15 is 0 Å². The second-order valence-electron chi connectivity index (χ2n) is 5.58. The average Bonchev–Trinajstić information content (AvgIpc) is 3.12. The van der Waals surface area contributed by atoms with Crippen LogP contribution in [0.3, 0.4) is 0 Å². The van der Waals surface area contributed by atoms with Crippen molar-refractivity contribution in [2.45, 2.75) is 46.7 Å². The highest BCUT2D eigenvalue weighted by Crippen LogP contribution is 2.16. The van der Waals surface area contributed by atoms with Crippen LogP contribution in [-0.4, -0.2) is 29.3 Å². The highest BCUT2D eigenvalue weighted by Gasteiger charge is 2.03. The molecular weight excluding hydrogens is 306 g/mol. The van der Waals surface area contributed by atoms with Gasteiger partial charge in [0.05, 0.1) is 12.2 Å². The maximum Gasteiger partial charge on any atom is 0.191 e. The van der Waals surface area contributed by atoms with Crippen molar-refractivity contribution in [3.05, 3.63) is 39.3 Å². The normalized spacial score (nSPS) is 11.7. The molecule has 2 N–H and O–H groups in total. The lowest BCUT2D eigenvalue weighted by molar-refractivity contribution is 0.555. The van der Waals surface area contributed by atoms with Crippen LogP contribution in [-0.2, 0) is 19.5 Å². The molecule has 0 amide bonds. The van der Waals surface area contributed by atoms with E-state index < -0.39 is 0 Å². The number of aryl methyl sites for hydroxylation is 4. The first-order chi connectivity index (χ1) is 11.1. The third-order valence-corrected chi connectivity index (χ3v) is 4.89. The van der Waals surface area contributed by atoms with E-state index in [2.05, 4.69) is 57.5 Å². The van der Waals surface area contributed by atoms with Crippen LogP contribution in [0.2, 0.25) is 0 Å². The zero-order valence-corrected chi connectivity index (χ0v) is 15.3. The van der Waals surface area contributed by atoms with Crippen molar-refractivity contribution >= 4 is 17.3 Å². The molecule has 0 bridgehead atoms. The molecule has 2 rings (SSSR count).